The summed E-state index contributed by atoms with van der Waals surface area (Å²) in [5.74, 6) is -2.98. The summed E-state index contributed by atoms with van der Waals surface area (Å²) in [5, 5.41) is 30.4. The van der Waals surface area contributed by atoms with Crippen LogP contribution in [0.15, 0.2) is 18.2 Å². The standard InChI is InChI=1S/C14H19NO5/c1-8(2)6-9(14(19)20)7-15-13(18)10-4-3-5-11(16)12(10)17/h3-5,8-9,16-17H,6-7H2,1-2H3,(H,15,18)(H,19,20). The van der Waals surface area contributed by atoms with Gasteiger partial charge in [0.05, 0.1) is 11.5 Å². The maximum Gasteiger partial charge on any atom is 0.308 e. The molecular weight excluding hydrogens is 262 g/mol. The van der Waals surface area contributed by atoms with Crippen molar-refractivity contribution in [3.8, 4) is 11.5 Å². The second-order valence-corrected chi connectivity index (χ2v) is 5.05. The maximum atomic E-state index is 11.9. The maximum absolute atomic E-state index is 11.9. The first-order valence-corrected chi connectivity index (χ1v) is 6.34. The molecule has 0 bridgehead atoms. The number of aromatic hydroxyl groups is 2. The molecule has 6 nitrogen and oxygen atoms in total. The van der Waals surface area contributed by atoms with E-state index in [1.54, 1.807) is 0 Å². The van der Waals surface area contributed by atoms with Gasteiger partial charge in [0.25, 0.3) is 5.91 Å². The predicted molar refractivity (Wildman–Crippen MR) is 72.7 cm³/mol. The van der Waals surface area contributed by atoms with Crippen LogP contribution in [0, 0.1) is 11.8 Å². The molecule has 0 saturated carbocycles. The number of nitrogens with one attached hydrogen (secondary N) is 1. The lowest BCUT2D eigenvalue weighted by Crippen LogP contribution is -2.33. The molecule has 4 N–H and O–H groups in total. The monoisotopic (exact) mass is 281 g/mol. The number of phenols is 2. The van der Waals surface area contributed by atoms with E-state index in [9.17, 15) is 19.8 Å². The summed E-state index contributed by atoms with van der Waals surface area (Å²) in [7, 11) is 0. The van der Waals surface area contributed by atoms with Crippen molar-refractivity contribution < 1.29 is 24.9 Å². The molecule has 0 heterocycles. The van der Waals surface area contributed by atoms with Crippen LogP contribution in [0.25, 0.3) is 0 Å². The van der Waals surface area contributed by atoms with E-state index >= 15 is 0 Å². The van der Waals surface area contributed by atoms with Crippen LogP contribution in [0.4, 0.5) is 0 Å². The lowest BCUT2D eigenvalue weighted by atomic mass is 9.97. The van der Waals surface area contributed by atoms with Crippen molar-refractivity contribution in [3.05, 3.63) is 23.8 Å². The number of rotatable bonds is 6. The average Bonchev–Trinajstić information content (AvgIpc) is 2.36. The van der Waals surface area contributed by atoms with Gasteiger partial charge in [-0.1, -0.05) is 19.9 Å². The molecule has 0 aliphatic heterocycles. The Labute approximate surface area is 117 Å². The summed E-state index contributed by atoms with van der Waals surface area (Å²) in [4.78, 5) is 22.9. The van der Waals surface area contributed by atoms with Gasteiger partial charge >= 0.3 is 5.97 Å². The average molecular weight is 281 g/mol. The van der Waals surface area contributed by atoms with E-state index in [1.807, 2.05) is 13.8 Å². The number of aliphatic carboxylic acids is 1. The Hall–Kier alpha value is -2.24. The van der Waals surface area contributed by atoms with Crippen LogP contribution in [-0.4, -0.2) is 33.7 Å². The molecule has 1 amide bonds. The molecule has 0 saturated heterocycles. The summed E-state index contributed by atoms with van der Waals surface area (Å²) >= 11 is 0. The Morgan fingerprint density at radius 2 is 1.90 bits per heavy atom. The first-order chi connectivity index (χ1) is 9.32. The summed E-state index contributed by atoms with van der Waals surface area (Å²) in [6.45, 7) is 3.78. The number of hydrogen-bond acceptors (Lipinski definition) is 4. The fourth-order valence-corrected chi connectivity index (χ4v) is 1.87. The van der Waals surface area contributed by atoms with Crippen molar-refractivity contribution in [1.82, 2.24) is 5.32 Å². The minimum Gasteiger partial charge on any atom is -0.504 e. The lowest BCUT2D eigenvalue weighted by Gasteiger charge is -2.15. The zero-order valence-corrected chi connectivity index (χ0v) is 11.5. The van der Waals surface area contributed by atoms with Crippen molar-refractivity contribution >= 4 is 11.9 Å². The van der Waals surface area contributed by atoms with Gasteiger partial charge in [-0.3, -0.25) is 9.59 Å². The first-order valence-electron chi connectivity index (χ1n) is 6.34. The van der Waals surface area contributed by atoms with Gasteiger partial charge < -0.3 is 20.6 Å². The second-order valence-electron chi connectivity index (χ2n) is 5.05. The number of carboxylic acid groups (broad SMARTS) is 1. The normalized spacial score (nSPS) is 12.2. The van der Waals surface area contributed by atoms with Gasteiger partial charge in [0.1, 0.15) is 0 Å². The molecule has 1 rings (SSSR count). The van der Waals surface area contributed by atoms with Crippen LogP contribution in [0.3, 0.4) is 0 Å². The minimum absolute atomic E-state index is 0.0263. The Bertz CT molecular complexity index is 498. The number of benzene rings is 1. The van der Waals surface area contributed by atoms with Gasteiger partial charge in [-0.2, -0.15) is 0 Å². The fraction of sp³-hybridized carbons (Fsp3) is 0.429. The van der Waals surface area contributed by atoms with Crippen molar-refractivity contribution in [2.75, 3.05) is 6.54 Å². The summed E-state index contributed by atoms with van der Waals surface area (Å²) < 4.78 is 0. The molecule has 0 radical (unpaired) electrons. The molecule has 20 heavy (non-hydrogen) atoms. The Balaban J connectivity index is 2.70. The van der Waals surface area contributed by atoms with Gasteiger partial charge in [0, 0.05) is 6.54 Å². The highest BCUT2D eigenvalue weighted by molar-refractivity contribution is 5.97. The third kappa shape index (κ3) is 4.15. The molecular formula is C14H19NO5. The van der Waals surface area contributed by atoms with Crippen LogP contribution >= 0.6 is 0 Å². The molecule has 0 fully saturated rings. The number of hydrogen-bond donors (Lipinski definition) is 4. The molecule has 0 aliphatic rings. The molecule has 1 aromatic rings. The highest BCUT2D eigenvalue weighted by atomic mass is 16.4. The molecule has 1 atom stereocenters. The number of carboxylic acids is 1. The molecule has 1 aromatic carbocycles. The number of carbonyl (C=O) groups is 2. The third-order valence-corrected chi connectivity index (χ3v) is 2.87. The minimum atomic E-state index is -0.973. The topological polar surface area (TPSA) is 107 Å². The van der Waals surface area contributed by atoms with Crippen molar-refractivity contribution in [2.45, 2.75) is 20.3 Å². The van der Waals surface area contributed by atoms with E-state index in [2.05, 4.69) is 5.32 Å². The first kappa shape index (κ1) is 15.8. The van der Waals surface area contributed by atoms with E-state index in [0.717, 1.165) is 0 Å². The van der Waals surface area contributed by atoms with Gasteiger partial charge in [-0.05, 0) is 24.5 Å². The van der Waals surface area contributed by atoms with Gasteiger partial charge in [0.15, 0.2) is 11.5 Å². The largest absolute Gasteiger partial charge is 0.504 e. The summed E-state index contributed by atoms with van der Waals surface area (Å²) in [5.41, 5.74) is -0.0846. The summed E-state index contributed by atoms with van der Waals surface area (Å²) in [6, 6.07) is 4.03. The van der Waals surface area contributed by atoms with Crippen molar-refractivity contribution in [2.24, 2.45) is 11.8 Å². The van der Waals surface area contributed by atoms with E-state index in [4.69, 9.17) is 5.11 Å². The van der Waals surface area contributed by atoms with Crippen LogP contribution in [0.2, 0.25) is 0 Å². The predicted octanol–water partition coefficient (Wildman–Crippen LogP) is 1.57. The molecule has 110 valence electrons. The highest BCUT2D eigenvalue weighted by Gasteiger charge is 2.21. The van der Waals surface area contributed by atoms with Crippen LogP contribution in [-0.2, 0) is 4.79 Å². The number of phenolic OH excluding ortho intramolecular Hbond substituents is 2. The van der Waals surface area contributed by atoms with Crippen LogP contribution < -0.4 is 5.32 Å². The molecule has 0 aliphatic carbocycles. The second kappa shape index (κ2) is 6.79. The molecule has 1 unspecified atom stereocenters. The van der Waals surface area contributed by atoms with Gasteiger partial charge in [0.2, 0.25) is 0 Å². The van der Waals surface area contributed by atoms with Crippen molar-refractivity contribution in [1.29, 1.82) is 0 Å². The van der Waals surface area contributed by atoms with E-state index in [1.165, 1.54) is 18.2 Å². The van der Waals surface area contributed by atoms with Gasteiger partial charge in [-0.25, -0.2) is 0 Å². The third-order valence-electron chi connectivity index (χ3n) is 2.87. The van der Waals surface area contributed by atoms with E-state index in [-0.39, 0.29) is 18.0 Å². The molecule has 0 aromatic heterocycles. The zero-order chi connectivity index (χ0) is 15.3. The quantitative estimate of drug-likeness (QED) is 0.592. The number of para-hydroxylation sites is 1. The van der Waals surface area contributed by atoms with Crippen LogP contribution in [0.5, 0.6) is 11.5 Å². The SMILES string of the molecule is CC(C)CC(CNC(=O)c1cccc(O)c1O)C(=O)O. The molecule has 6 heteroatoms. The smallest absolute Gasteiger partial charge is 0.308 e. The van der Waals surface area contributed by atoms with Gasteiger partial charge in [-0.15, -0.1) is 0 Å². The number of amides is 1. The summed E-state index contributed by atoms with van der Waals surface area (Å²) in [6.07, 6.45) is 0.446. The van der Waals surface area contributed by atoms with Crippen LogP contribution in [0.1, 0.15) is 30.6 Å². The Morgan fingerprint density at radius 3 is 2.45 bits per heavy atom. The van der Waals surface area contributed by atoms with Crippen molar-refractivity contribution in [3.63, 3.8) is 0 Å². The fourth-order valence-electron chi connectivity index (χ4n) is 1.87. The highest BCUT2D eigenvalue weighted by Crippen LogP contribution is 2.27. The Kier molecular flexibility index (Phi) is 5.37. The lowest BCUT2D eigenvalue weighted by molar-refractivity contribution is -0.142. The Morgan fingerprint density at radius 1 is 1.25 bits per heavy atom. The molecule has 0 spiro atoms. The van der Waals surface area contributed by atoms with E-state index in [0.29, 0.717) is 6.42 Å². The number of carbonyl (C=O) groups excluding carboxylic acids is 1. The van der Waals surface area contributed by atoms with E-state index < -0.39 is 29.3 Å². The zero-order valence-electron chi connectivity index (χ0n) is 11.5.